The molecule has 0 bridgehead atoms. The van der Waals surface area contributed by atoms with E-state index in [1.165, 1.54) is 19.2 Å². The highest BCUT2D eigenvalue weighted by Crippen LogP contribution is 2.30. The molecule has 2 aromatic carbocycles. The molecule has 4 heteroatoms. The third-order valence-electron chi connectivity index (χ3n) is 3.11. The van der Waals surface area contributed by atoms with E-state index < -0.39 is 0 Å². The minimum absolute atomic E-state index is 0.136. The van der Waals surface area contributed by atoms with Gasteiger partial charge in [0.2, 0.25) is 0 Å². The maximum atomic E-state index is 11.1. The fraction of sp³-hybridized carbons (Fsp3) is 0.188. The highest BCUT2D eigenvalue weighted by atomic mass is 16.5. The number of carbonyl (C=O) groups is 1. The predicted octanol–water partition coefficient (Wildman–Crippen LogP) is 2.87. The van der Waals surface area contributed by atoms with Gasteiger partial charge in [0.25, 0.3) is 0 Å². The van der Waals surface area contributed by atoms with Crippen LogP contribution in [0, 0.1) is 0 Å². The smallest absolute Gasteiger partial charge is 0.305 e. The highest BCUT2D eigenvalue weighted by Gasteiger charge is 2.04. The molecular weight excluding hydrogens is 256 g/mol. The number of aromatic hydroxyl groups is 2. The largest absolute Gasteiger partial charge is 0.504 e. The van der Waals surface area contributed by atoms with Crippen molar-refractivity contribution in [3.05, 3.63) is 48.0 Å². The van der Waals surface area contributed by atoms with Crippen molar-refractivity contribution in [2.24, 2.45) is 0 Å². The molecule has 0 aromatic heterocycles. The molecular formula is C16H16O4. The second-order valence-electron chi connectivity index (χ2n) is 4.48. The van der Waals surface area contributed by atoms with Crippen LogP contribution in [-0.4, -0.2) is 23.3 Å². The first-order valence-corrected chi connectivity index (χ1v) is 6.28. The molecule has 2 rings (SSSR count). The molecule has 20 heavy (non-hydrogen) atoms. The van der Waals surface area contributed by atoms with Gasteiger partial charge in [0.05, 0.1) is 7.11 Å². The Morgan fingerprint density at radius 2 is 1.65 bits per heavy atom. The van der Waals surface area contributed by atoms with Crippen molar-refractivity contribution in [2.75, 3.05) is 7.11 Å². The molecule has 0 aliphatic rings. The molecule has 0 radical (unpaired) electrons. The highest BCUT2D eigenvalue weighted by molar-refractivity contribution is 5.70. The Balaban J connectivity index is 2.11. The lowest BCUT2D eigenvalue weighted by Crippen LogP contribution is -2.01. The number of phenols is 2. The minimum atomic E-state index is -0.225. The normalized spacial score (nSPS) is 10.2. The molecule has 0 unspecified atom stereocenters. The third kappa shape index (κ3) is 3.29. The van der Waals surface area contributed by atoms with E-state index in [9.17, 15) is 15.0 Å². The average molecular weight is 272 g/mol. The molecule has 0 heterocycles. The summed E-state index contributed by atoms with van der Waals surface area (Å²) in [5.74, 6) is -0.502. The Hall–Kier alpha value is -2.49. The number of esters is 1. The number of carbonyl (C=O) groups excluding carboxylic acids is 1. The van der Waals surface area contributed by atoms with Crippen LogP contribution in [-0.2, 0) is 16.0 Å². The summed E-state index contributed by atoms with van der Waals surface area (Å²) in [4.78, 5) is 11.1. The number of methoxy groups -OCH3 is 1. The number of aryl methyl sites for hydroxylation is 1. The van der Waals surface area contributed by atoms with Gasteiger partial charge in [0, 0.05) is 6.42 Å². The van der Waals surface area contributed by atoms with Gasteiger partial charge in [-0.2, -0.15) is 0 Å². The summed E-state index contributed by atoms with van der Waals surface area (Å²) >= 11 is 0. The van der Waals surface area contributed by atoms with Crippen LogP contribution in [0.4, 0.5) is 0 Å². The molecule has 0 aliphatic heterocycles. The lowest BCUT2D eigenvalue weighted by Gasteiger charge is -2.06. The third-order valence-corrected chi connectivity index (χ3v) is 3.11. The molecule has 104 valence electrons. The summed E-state index contributed by atoms with van der Waals surface area (Å²) in [6.45, 7) is 0. The SMILES string of the molecule is COC(=O)CCc1ccc(-c2ccc(O)c(O)c2)cc1. The molecule has 2 N–H and O–H groups in total. The predicted molar refractivity (Wildman–Crippen MR) is 75.5 cm³/mol. The van der Waals surface area contributed by atoms with Crippen molar-refractivity contribution in [2.45, 2.75) is 12.8 Å². The maximum absolute atomic E-state index is 11.1. The Morgan fingerprint density at radius 1 is 1.00 bits per heavy atom. The summed E-state index contributed by atoms with van der Waals surface area (Å²) in [6.07, 6.45) is 0.990. The van der Waals surface area contributed by atoms with Gasteiger partial charge in [0.1, 0.15) is 0 Å². The van der Waals surface area contributed by atoms with E-state index in [4.69, 9.17) is 0 Å². The minimum Gasteiger partial charge on any atom is -0.504 e. The maximum Gasteiger partial charge on any atom is 0.305 e. The van der Waals surface area contributed by atoms with E-state index in [0.29, 0.717) is 12.8 Å². The number of rotatable bonds is 4. The first-order valence-electron chi connectivity index (χ1n) is 6.28. The molecule has 0 saturated carbocycles. The van der Waals surface area contributed by atoms with Crippen molar-refractivity contribution in [1.29, 1.82) is 0 Å². The van der Waals surface area contributed by atoms with E-state index in [-0.39, 0.29) is 17.5 Å². The zero-order valence-electron chi connectivity index (χ0n) is 11.2. The standard InChI is InChI=1S/C16H16O4/c1-20-16(19)9-4-11-2-5-12(6-3-11)13-7-8-14(17)15(18)10-13/h2-3,5-8,10,17-18H,4,9H2,1H3. The first-order chi connectivity index (χ1) is 9.60. The zero-order valence-corrected chi connectivity index (χ0v) is 11.2. The summed E-state index contributed by atoms with van der Waals surface area (Å²) in [7, 11) is 1.38. The van der Waals surface area contributed by atoms with Crippen LogP contribution in [0.3, 0.4) is 0 Å². The van der Waals surface area contributed by atoms with E-state index in [1.54, 1.807) is 6.07 Å². The van der Waals surface area contributed by atoms with Crippen LogP contribution < -0.4 is 0 Å². The Labute approximate surface area is 117 Å². The Morgan fingerprint density at radius 3 is 2.25 bits per heavy atom. The Kier molecular flexibility index (Phi) is 4.25. The van der Waals surface area contributed by atoms with Gasteiger partial charge >= 0.3 is 5.97 Å². The Bertz CT molecular complexity index is 602. The van der Waals surface area contributed by atoms with E-state index >= 15 is 0 Å². The van der Waals surface area contributed by atoms with Crippen molar-refractivity contribution in [1.82, 2.24) is 0 Å². The van der Waals surface area contributed by atoms with Crippen LogP contribution in [0.2, 0.25) is 0 Å². The molecule has 0 aliphatic carbocycles. The summed E-state index contributed by atoms with van der Waals surface area (Å²) < 4.78 is 4.60. The number of phenolic OH excluding ortho intramolecular Hbond substituents is 2. The fourth-order valence-electron chi connectivity index (χ4n) is 1.92. The fourth-order valence-corrected chi connectivity index (χ4v) is 1.92. The van der Waals surface area contributed by atoms with Crippen LogP contribution >= 0.6 is 0 Å². The second kappa shape index (κ2) is 6.10. The summed E-state index contributed by atoms with van der Waals surface area (Å²) in [6, 6.07) is 12.4. The van der Waals surface area contributed by atoms with Crippen molar-refractivity contribution >= 4 is 5.97 Å². The van der Waals surface area contributed by atoms with Crippen molar-refractivity contribution in [3.8, 4) is 22.6 Å². The molecule has 0 spiro atoms. The summed E-state index contributed by atoms with van der Waals surface area (Å²) in [5, 5.41) is 18.8. The number of ether oxygens (including phenoxy) is 1. The molecule has 0 saturated heterocycles. The lowest BCUT2D eigenvalue weighted by atomic mass is 10.0. The van der Waals surface area contributed by atoms with Gasteiger partial charge in [-0.05, 0) is 35.2 Å². The molecule has 0 amide bonds. The van der Waals surface area contributed by atoms with Crippen LogP contribution in [0.15, 0.2) is 42.5 Å². The molecule has 0 atom stereocenters. The number of hydrogen-bond donors (Lipinski definition) is 2. The quantitative estimate of drug-likeness (QED) is 0.663. The van der Waals surface area contributed by atoms with E-state index in [2.05, 4.69) is 4.74 Å². The lowest BCUT2D eigenvalue weighted by molar-refractivity contribution is -0.140. The van der Waals surface area contributed by atoms with Crippen molar-refractivity contribution in [3.63, 3.8) is 0 Å². The van der Waals surface area contributed by atoms with Crippen LogP contribution in [0.5, 0.6) is 11.5 Å². The average Bonchev–Trinajstić information content (AvgIpc) is 2.48. The topological polar surface area (TPSA) is 66.8 Å². The van der Waals surface area contributed by atoms with Gasteiger partial charge in [-0.15, -0.1) is 0 Å². The van der Waals surface area contributed by atoms with Gasteiger partial charge in [0.15, 0.2) is 11.5 Å². The first kappa shape index (κ1) is 13.9. The number of hydrogen-bond acceptors (Lipinski definition) is 4. The molecule has 0 fully saturated rings. The van der Waals surface area contributed by atoms with Gasteiger partial charge in [-0.25, -0.2) is 0 Å². The second-order valence-corrected chi connectivity index (χ2v) is 4.48. The van der Waals surface area contributed by atoms with Crippen molar-refractivity contribution < 1.29 is 19.7 Å². The van der Waals surface area contributed by atoms with Crippen LogP contribution in [0.1, 0.15) is 12.0 Å². The number of benzene rings is 2. The van der Waals surface area contributed by atoms with Crippen LogP contribution in [0.25, 0.3) is 11.1 Å². The zero-order chi connectivity index (χ0) is 14.5. The van der Waals surface area contributed by atoms with Gasteiger partial charge in [-0.3, -0.25) is 4.79 Å². The molecule has 2 aromatic rings. The van der Waals surface area contributed by atoms with Gasteiger partial charge < -0.3 is 14.9 Å². The van der Waals surface area contributed by atoms with E-state index in [1.807, 2.05) is 24.3 Å². The van der Waals surface area contributed by atoms with E-state index in [0.717, 1.165) is 16.7 Å². The molecule has 4 nitrogen and oxygen atoms in total. The summed E-state index contributed by atoms with van der Waals surface area (Å²) in [5.41, 5.74) is 2.80. The van der Waals surface area contributed by atoms with Gasteiger partial charge in [-0.1, -0.05) is 30.3 Å². The monoisotopic (exact) mass is 272 g/mol.